The van der Waals surface area contributed by atoms with E-state index in [0.29, 0.717) is 0 Å². The van der Waals surface area contributed by atoms with E-state index in [9.17, 15) is 0 Å². The standard InChI is InChI=1S/C51H43N/c1-49(2)45-30-42(32-24-26-39-37-20-11-10-18-35(37)36-19-12-13-21-38(36)44(39)28-32)43(31-46(45)50(3,4)51(49,5)6)33-25-27-41-40-22-14-15-23-47(40)52(48(41)29-33)34-16-8-7-9-17-34/h7-31H,1-6H3. The molecule has 0 spiro atoms. The number of aromatic nitrogens is 1. The Morgan fingerprint density at radius 1 is 0.346 bits per heavy atom. The van der Waals surface area contributed by atoms with Gasteiger partial charge in [-0.2, -0.15) is 0 Å². The molecular weight excluding hydrogens is 627 g/mol. The fourth-order valence-electron chi connectivity index (χ4n) is 9.63. The van der Waals surface area contributed by atoms with Crippen molar-refractivity contribution in [2.75, 3.05) is 0 Å². The minimum absolute atomic E-state index is 0.0114. The SMILES string of the molecule is CC1(C)c2cc(-c3ccc4c5ccccc5c5ccccc5c4c3)c(-c3ccc4c5ccccc5n(-c5ccccc5)c4c3)cc2C(C)(C)C1(C)C. The highest BCUT2D eigenvalue weighted by Crippen LogP contribution is 2.62. The molecule has 0 atom stereocenters. The van der Waals surface area contributed by atoms with Gasteiger partial charge in [-0.15, -0.1) is 0 Å². The lowest BCUT2D eigenvalue weighted by Crippen LogP contribution is -2.42. The molecule has 0 amide bonds. The Hall–Kier alpha value is -5.66. The lowest BCUT2D eigenvalue weighted by molar-refractivity contribution is 0.125. The third-order valence-electron chi connectivity index (χ3n) is 13.7. The predicted octanol–water partition coefficient (Wildman–Crippen LogP) is 14.2. The van der Waals surface area contributed by atoms with Crippen molar-refractivity contribution in [2.24, 2.45) is 5.41 Å². The maximum Gasteiger partial charge on any atom is 0.0547 e. The first-order valence-electron chi connectivity index (χ1n) is 18.7. The molecule has 9 aromatic rings. The summed E-state index contributed by atoms with van der Waals surface area (Å²) in [6.07, 6.45) is 0. The second-order valence-corrected chi connectivity index (χ2v) is 16.6. The maximum absolute atomic E-state index is 2.56. The molecule has 1 aromatic heterocycles. The van der Waals surface area contributed by atoms with Crippen LogP contribution in [0.15, 0.2) is 152 Å². The Bertz CT molecular complexity index is 2880. The molecule has 1 aliphatic rings. The van der Waals surface area contributed by atoms with Gasteiger partial charge in [0.05, 0.1) is 11.0 Å². The van der Waals surface area contributed by atoms with Crippen LogP contribution >= 0.6 is 0 Å². The van der Waals surface area contributed by atoms with Crippen LogP contribution in [-0.2, 0) is 10.8 Å². The summed E-state index contributed by atoms with van der Waals surface area (Å²) in [7, 11) is 0. The van der Waals surface area contributed by atoms with E-state index in [2.05, 4.69) is 198 Å². The molecule has 0 aliphatic heterocycles. The molecule has 0 N–H and O–H groups in total. The molecule has 52 heavy (non-hydrogen) atoms. The first kappa shape index (κ1) is 31.1. The van der Waals surface area contributed by atoms with Crippen molar-refractivity contribution < 1.29 is 0 Å². The van der Waals surface area contributed by atoms with Gasteiger partial charge in [0, 0.05) is 16.5 Å². The largest absolute Gasteiger partial charge is 0.309 e. The van der Waals surface area contributed by atoms with Crippen LogP contribution in [0, 0.1) is 5.41 Å². The normalized spacial score (nSPS) is 16.0. The molecule has 252 valence electrons. The lowest BCUT2D eigenvalue weighted by atomic mass is 9.59. The Morgan fingerprint density at radius 2 is 0.769 bits per heavy atom. The summed E-state index contributed by atoms with van der Waals surface area (Å²) in [5.41, 5.74) is 11.7. The summed E-state index contributed by atoms with van der Waals surface area (Å²) in [4.78, 5) is 0. The van der Waals surface area contributed by atoms with E-state index in [1.807, 2.05) is 0 Å². The average molecular weight is 670 g/mol. The van der Waals surface area contributed by atoms with Crippen LogP contribution in [0.2, 0.25) is 0 Å². The molecule has 0 saturated carbocycles. The van der Waals surface area contributed by atoms with E-state index in [1.165, 1.54) is 93.2 Å². The van der Waals surface area contributed by atoms with Gasteiger partial charge in [0.25, 0.3) is 0 Å². The van der Waals surface area contributed by atoms with Crippen molar-refractivity contribution in [1.82, 2.24) is 4.57 Å². The number of nitrogens with zero attached hydrogens (tertiary/aromatic N) is 1. The molecule has 0 saturated heterocycles. The van der Waals surface area contributed by atoms with Crippen LogP contribution in [0.1, 0.15) is 52.7 Å². The summed E-state index contributed by atoms with van der Waals surface area (Å²) in [5.74, 6) is 0. The van der Waals surface area contributed by atoms with E-state index >= 15 is 0 Å². The highest BCUT2D eigenvalue weighted by Gasteiger charge is 2.57. The molecule has 1 aliphatic carbocycles. The van der Waals surface area contributed by atoms with Crippen LogP contribution in [0.5, 0.6) is 0 Å². The monoisotopic (exact) mass is 669 g/mol. The summed E-state index contributed by atoms with van der Waals surface area (Å²) in [6, 6.07) is 56.9. The van der Waals surface area contributed by atoms with Gasteiger partial charge < -0.3 is 4.57 Å². The molecule has 1 heterocycles. The van der Waals surface area contributed by atoms with E-state index < -0.39 is 0 Å². The Morgan fingerprint density at radius 3 is 1.35 bits per heavy atom. The van der Waals surface area contributed by atoms with Crippen molar-refractivity contribution in [2.45, 2.75) is 52.4 Å². The topological polar surface area (TPSA) is 4.93 Å². The van der Waals surface area contributed by atoms with E-state index in [-0.39, 0.29) is 16.2 Å². The van der Waals surface area contributed by atoms with Crippen molar-refractivity contribution in [3.63, 3.8) is 0 Å². The molecular formula is C51H43N. The Kier molecular flexibility index (Phi) is 6.39. The zero-order valence-electron chi connectivity index (χ0n) is 30.9. The van der Waals surface area contributed by atoms with Gasteiger partial charge in [-0.1, -0.05) is 151 Å². The van der Waals surface area contributed by atoms with Crippen LogP contribution in [-0.4, -0.2) is 4.57 Å². The van der Waals surface area contributed by atoms with Crippen molar-refractivity contribution in [1.29, 1.82) is 0 Å². The van der Waals surface area contributed by atoms with Gasteiger partial charge in [0.1, 0.15) is 0 Å². The van der Waals surface area contributed by atoms with Crippen LogP contribution in [0.4, 0.5) is 0 Å². The average Bonchev–Trinajstić information content (AvgIpc) is 3.55. The minimum Gasteiger partial charge on any atom is -0.309 e. The number of fused-ring (bicyclic) bond motifs is 10. The summed E-state index contributed by atoms with van der Waals surface area (Å²) < 4.78 is 2.44. The fraction of sp³-hybridized carbons (Fsp3) is 0.176. The molecule has 0 radical (unpaired) electrons. The minimum atomic E-state index is -0.0132. The molecule has 8 aromatic carbocycles. The highest BCUT2D eigenvalue weighted by molar-refractivity contribution is 6.26. The number of hydrogen-bond donors (Lipinski definition) is 0. The van der Waals surface area contributed by atoms with Gasteiger partial charge in [-0.05, 0) is 124 Å². The van der Waals surface area contributed by atoms with Gasteiger partial charge in [-0.3, -0.25) is 0 Å². The molecule has 0 bridgehead atoms. The molecule has 0 fully saturated rings. The summed E-state index contributed by atoms with van der Waals surface area (Å²) >= 11 is 0. The summed E-state index contributed by atoms with van der Waals surface area (Å²) in [6.45, 7) is 14.7. The number of rotatable bonds is 3. The second-order valence-electron chi connectivity index (χ2n) is 16.6. The quantitative estimate of drug-likeness (QED) is 0.165. The third-order valence-corrected chi connectivity index (χ3v) is 13.7. The lowest BCUT2D eigenvalue weighted by Gasteiger charge is -2.44. The predicted molar refractivity (Wildman–Crippen MR) is 224 cm³/mol. The van der Waals surface area contributed by atoms with Crippen LogP contribution < -0.4 is 0 Å². The highest BCUT2D eigenvalue weighted by atomic mass is 15.0. The van der Waals surface area contributed by atoms with Crippen LogP contribution in [0.25, 0.3) is 82.1 Å². The number of benzene rings is 8. The third kappa shape index (κ3) is 4.05. The first-order valence-corrected chi connectivity index (χ1v) is 18.7. The van der Waals surface area contributed by atoms with Crippen molar-refractivity contribution in [3.8, 4) is 27.9 Å². The zero-order valence-corrected chi connectivity index (χ0v) is 30.9. The van der Waals surface area contributed by atoms with Crippen molar-refractivity contribution in [3.05, 3.63) is 163 Å². The maximum atomic E-state index is 2.56. The number of para-hydroxylation sites is 2. The second kappa shape index (κ2) is 10.7. The van der Waals surface area contributed by atoms with Gasteiger partial charge in [0.15, 0.2) is 0 Å². The van der Waals surface area contributed by atoms with Crippen molar-refractivity contribution >= 4 is 54.1 Å². The van der Waals surface area contributed by atoms with E-state index in [1.54, 1.807) is 0 Å². The molecule has 1 heteroatoms. The van der Waals surface area contributed by atoms with E-state index in [0.717, 1.165) is 0 Å². The Balaban J connectivity index is 1.30. The molecule has 10 rings (SSSR count). The van der Waals surface area contributed by atoms with Gasteiger partial charge in [-0.25, -0.2) is 0 Å². The molecule has 1 nitrogen and oxygen atoms in total. The fourth-order valence-corrected chi connectivity index (χ4v) is 9.63. The van der Waals surface area contributed by atoms with Gasteiger partial charge in [0.2, 0.25) is 0 Å². The molecule has 0 unspecified atom stereocenters. The van der Waals surface area contributed by atoms with E-state index in [4.69, 9.17) is 0 Å². The zero-order chi connectivity index (χ0) is 35.6. The number of hydrogen-bond acceptors (Lipinski definition) is 0. The first-order chi connectivity index (χ1) is 25.1. The van der Waals surface area contributed by atoms with Gasteiger partial charge >= 0.3 is 0 Å². The summed E-state index contributed by atoms with van der Waals surface area (Å²) in [5, 5.41) is 10.4. The smallest absolute Gasteiger partial charge is 0.0547 e. The van der Waals surface area contributed by atoms with Crippen LogP contribution in [0.3, 0.4) is 0 Å². The Labute approximate surface area is 306 Å².